The fourth-order valence-corrected chi connectivity index (χ4v) is 1.31. The Morgan fingerprint density at radius 2 is 2.06 bits per heavy atom. The molecule has 0 spiro atoms. The second-order valence-corrected chi connectivity index (χ2v) is 3.79. The number of ketones is 1. The molecule has 4 nitrogen and oxygen atoms in total. The summed E-state index contributed by atoms with van der Waals surface area (Å²) in [6.45, 7) is 1.72. The molecule has 17 heavy (non-hydrogen) atoms. The SMILES string of the molecule is O=C(Cl)OCc1ccccc1.O=C1CCNC1. The molecule has 1 aromatic carbocycles. The summed E-state index contributed by atoms with van der Waals surface area (Å²) >= 11 is 4.97. The van der Waals surface area contributed by atoms with Gasteiger partial charge in [0.05, 0.1) is 6.54 Å². The molecule has 0 unspecified atom stereocenters. The van der Waals surface area contributed by atoms with Crippen LogP contribution in [0.15, 0.2) is 30.3 Å². The average molecular weight is 256 g/mol. The third kappa shape index (κ3) is 6.71. The average Bonchev–Trinajstić information content (AvgIpc) is 2.80. The lowest BCUT2D eigenvalue weighted by molar-refractivity contribution is -0.116. The van der Waals surface area contributed by atoms with Crippen molar-refractivity contribution < 1.29 is 14.3 Å². The molecule has 92 valence electrons. The van der Waals surface area contributed by atoms with Crippen LogP contribution in [0.5, 0.6) is 0 Å². The first kappa shape index (κ1) is 13.7. The molecule has 1 aromatic rings. The van der Waals surface area contributed by atoms with Crippen LogP contribution in [-0.4, -0.2) is 24.3 Å². The maximum absolute atomic E-state index is 10.2. The monoisotopic (exact) mass is 255 g/mol. The molecule has 0 saturated carbocycles. The van der Waals surface area contributed by atoms with Crippen LogP contribution in [0.2, 0.25) is 0 Å². The molecule has 1 heterocycles. The minimum atomic E-state index is -0.770. The molecule has 0 radical (unpaired) electrons. The van der Waals surface area contributed by atoms with E-state index in [4.69, 9.17) is 11.6 Å². The Morgan fingerprint density at radius 1 is 1.35 bits per heavy atom. The number of hydrogen-bond acceptors (Lipinski definition) is 4. The summed E-state index contributed by atoms with van der Waals surface area (Å²) in [4.78, 5) is 20.3. The van der Waals surface area contributed by atoms with E-state index in [1.807, 2.05) is 30.3 Å². The van der Waals surface area contributed by atoms with Gasteiger partial charge in [-0.2, -0.15) is 0 Å². The molecule has 1 N–H and O–H groups in total. The van der Waals surface area contributed by atoms with E-state index in [-0.39, 0.29) is 6.61 Å². The molecular formula is C12H14ClNO3. The molecule has 1 aliphatic heterocycles. The first-order valence-electron chi connectivity index (χ1n) is 5.27. The van der Waals surface area contributed by atoms with Gasteiger partial charge >= 0.3 is 5.43 Å². The molecule has 0 aliphatic carbocycles. The van der Waals surface area contributed by atoms with Gasteiger partial charge in [-0.3, -0.25) is 4.79 Å². The van der Waals surface area contributed by atoms with Gasteiger partial charge in [0.1, 0.15) is 12.4 Å². The summed E-state index contributed by atoms with van der Waals surface area (Å²) < 4.78 is 4.55. The van der Waals surface area contributed by atoms with Gasteiger partial charge in [-0.05, 0) is 5.56 Å². The minimum Gasteiger partial charge on any atom is -0.449 e. The van der Waals surface area contributed by atoms with Gasteiger partial charge in [0.15, 0.2) is 0 Å². The van der Waals surface area contributed by atoms with Crippen LogP contribution in [0.25, 0.3) is 0 Å². The molecule has 0 aromatic heterocycles. The van der Waals surface area contributed by atoms with E-state index < -0.39 is 5.43 Å². The summed E-state index contributed by atoms with van der Waals surface area (Å²) in [5.74, 6) is 0.343. The molecule has 0 atom stereocenters. The van der Waals surface area contributed by atoms with Crippen LogP contribution in [0.4, 0.5) is 4.79 Å². The number of carbonyl (C=O) groups is 2. The minimum absolute atomic E-state index is 0.239. The van der Waals surface area contributed by atoms with Crippen molar-refractivity contribution in [1.82, 2.24) is 5.32 Å². The number of ether oxygens (including phenoxy) is 1. The lowest BCUT2D eigenvalue weighted by atomic mass is 10.2. The standard InChI is InChI=1S/C8H7ClO2.C4H7NO/c9-8(10)11-6-7-4-2-1-3-5-7;6-4-1-2-5-3-4/h1-5H,6H2;5H,1-3H2. The maximum Gasteiger partial charge on any atom is 0.404 e. The van der Waals surface area contributed by atoms with Gasteiger partial charge in [-0.1, -0.05) is 30.3 Å². The van der Waals surface area contributed by atoms with Crippen molar-refractivity contribution in [3.05, 3.63) is 35.9 Å². The third-order valence-corrected chi connectivity index (χ3v) is 2.21. The first-order valence-corrected chi connectivity index (χ1v) is 5.65. The van der Waals surface area contributed by atoms with Gasteiger partial charge in [0.25, 0.3) is 0 Å². The van der Waals surface area contributed by atoms with Crippen LogP contribution < -0.4 is 5.32 Å². The Labute approximate surface area is 105 Å². The lowest BCUT2D eigenvalue weighted by Crippen LogP contribution is -2.07. The van der Waals surface area contributed by atoms with Crippen LogP contribution in [0.1, 0.15) is 12.0 Å². The molecule has 1 fully saturated rings. The van der Waals surface area contributed by atoms with Gasteiger partial charge in [-0.25, -0.2) is 4.79 Å². The summed E-state index contributed by atoms with van der Waals surface area (Å²) in [7, 11) is 0. The van der Waals surface area contributed by atoms with Crippen molar-refractivity contribution in [1.29, 1.82) is 0 Å². The van der Waals surface area contributed by atoms with Crippen LogP contribution >= 0.6 is 11.6 Å². The van der Waals surface area contributed by atoms with Crippen molar-refractivity contribution in [3.8, 4) is 0 Å². The number of benzene rings is 1. The third-order valence-electron chi connectivity index (χ3n) is 2.10. The molecule has 0 bridgehead atoms. The van der Waals surface area contributed by atoms with Crippen LogP contribution in [0, 0.1) is 0 Å². The Bertz CT molecular complexity index is 359. The zero-order chi connectivity index (χ0) is 12.5. The van der Waals surface area contributed by atoms with Crippen molar-refractivity contribution in [3.63, 3.8) is 0 Å². The van der Waals surface area contributed by atoms with Gasteiger partial charge in [0.2, 0.25) is 0 Å². The number of nitrogens with one attached hydrogen (secondary N) is 1. The highest BCUT2D eigenvalue weighted by Gasteiger charge is 2.06. The fraction of sp³-hybridized carbons (Fsp3) is 0.333. The Balaban J connectivity index is 0.000000202. The highest BCUT2D eigenvalue weighted by molar-refractivity contribution is 6.61. The number of halogens is 1. The molecule has 5 heteroatoms. The highest BCUT2D eigenvalue weighted by atomic mass is 35.5. The first-order chi connectivity index (χ1) is 8.18. The lowest BCUT2D eigenvalue weighted by Gasteiger charge is -1.98. The molecule has 1 aliphatic rings. The van der Waals surface area contributed by atoms with E-state index in [1.165, 1.54) is 0 Å². The quantitative estimate of drug-likeness (QED) is 0.823. The van der Waals surface area contributed by atoms with E-state index >= 15 is 0 Å². The van der Waals surface area contributed by atoms with E-state index in [0.717, 1.165) is 18.5 Å². The van der Waals surface area contributed by atoms with Crippen molar-refractivity contribution in [2.45, 2.75) is 13.0 Å². The van der Waals surface area contributed by atoms with Gasteiger partial charge in [0, 0.05) is 24.6 Å². The second-order valence-electron chi connectivity index (χ2n) is 3.48. The summed E-state index contributed by atoms with van der Waals surface area (Å²) in [5.41, 5.74) is 0.162. The van der Waals surface area contributed by atoms with Crippen molar-refractivity contribution in [2.75, 3.05) is 13.1 Å². The molecule has 1 saturated heterocycles. The number of rotatable bonds is 2. The van der Waals surface area contributed by atoms with E-state index in [0.29, 0.717) is 12.3 Å². The Morgan fingerprint density at radius 3 is 2.47 bits per heavy atom. The predicted molar refractivity (Wildman–Crippen MR) is 65.0 cm³/mol. The fourth-order valence-electron chi connectivity index (χ4n) is 1.26. The Kier molecular flexibility index (Phi) is 6.29. The van der Waals surface area contributed by atoms with Crippen molar-refractivity contribution >= 4 is 22.8 Å². The van der Waals surface area contributed by atoms with Gasteiger partial charge < -0.3 is 10.1 Å². The second kappa shape index (κ2) is 7.81. The largest absolute Gasteiger partial charge is 0.449 e. The highest BCUT2D eigenvalue weighted by Crippen LogP contribution is 2.01. The van der Waals surface area contributed by atoms with Crippen LogP contribution in [-0.2, 0) is 16.1 Å². The van der Waals surface area contributed by atoms with E-state index in [9.17, 15) is 9.59 Å². The smallest absolute Gasteiger partial charge is 0.404 e. The Hall–Kier alpha value is -1.39. The number of Topliss-reactive ketones (excluding diaryl/α,β-unsaturated/α-hetero) is 1. The van der Waals surface area contributed by atoms with Crippen molar-refractivity contribution in [2.24, 2.45) is 0 Å². The summed E-state index contributed by atoms with van der Waals surface area (Å²) in [6, 6.07) is 9.36. The van der Waals surface area contributed by atoms with Gasteiger partial charge in [-0.15, -0.1) is 0 Å². The molecule has 0 amide bonds. The summed E-state index contributed by atoms with van der Waals surface area (Å²) in [5, 5.41) is 2.92. The number of hydrogen-bond donors (Lipinski definition) is 1. The maximum atomic E-state index is 10.2. The van der Waals surface area contributed by atoms with E-state index in [1.54, 1.807) is 0 Å². The summed E-state index contributed by atoms with van der Waals surface area (Å²) in [6.07, 6.45) is 0.736. The molecule has 2 rings (SSSR count). The normalized spacial score (nSPS) is 13.8. The molecular weight excluding hydrogens is 242 g/mol. The van der Waals surface area contributed by atoms with E-state index in [2.05, 4.69) is 10.1 Å². The van der Waals surface area contributed by atoms with Crippen LogP contribution in [0.3, 0.4) is 0 Å². The zero-order valence-electron chi connectivity index (χ0n) is 9.32. The zero-order valence-corrected chi connectivity index (χ0v) is 10.1. The number of carbonyl (C=O) groups excluding carboxylic acids is 2. The topological polar surface area (TPSA) is 55.4 Å². The predicted octanol–water partition coefficient (Wildman–Crippen LogP) is 2.11.